The van der Waals surface area contributed by atoms with Gasteiger partial charge < -0.3 is 19.3 Å². The largest absolute Gasteiger partial charge is 0.504 e. The fourth-order valence-electron chi connectivity index (χ4n) is 7.89. The van der Waals surface area contributed by atoms with E-state index in [0.717, 1.165) is 16.7 Å². The predicted molar refractivity (Wildman–Crippen MR) is 188 cm³/mol. The van der Waals surface area contributed by atoms with Crippen LogP contribution in [0.3, 0.4) is 0 Å². The van der Waals surface area contributed by atoms with Gasteiger partial charge in [-0.05, 0) is 92.3 Å². The number of nitrogens with zero attached hydrogens (tertiary/aromatic N) is 1. The zero-order valence-corrected chi connectivity index (χ0v) is 28.3. The molecule has 4 unspecified atom stereocenters. The second-order valence-corrected chi connectivity index (χ2v) is 12.9. The zero-order valence-electron chi connectivity index (χ0n) is 28.3. The van der Waals surface area contributed by atoms with Crippen LogP contribution < -0.4 is 19.1 Å². The van der Waals surface area contributed by atoms with Crippen molar-refractivity contribution in [3.05, 3.63) is 112 Å². The number of carbonyl (C=O) groups is 4. The maximum Gasteiger partial charge on any atom is 0.238 e. The standard InChI is InChI=1S/C41H37NO8/c1-5-50-35-20-25(10-16-32(35)43)36-28-14-15-29-37(30(28)21-31-38(36)33(44)18-22(2)39(31)45)41(47)42(40(29)46)26-11-7-23(8-12-26)6-9-24-19-27(48-3)13-17-34(24)49-4/h6-14,16-20,29-30,36-37,43H,5,15,21H2,1-4H3. The molecule has 1 aliphatic heterocycles. The second-order valence-electron chi connectivity index (χ2n) is 12.9. The topological polar surface area (TPSA) is 119 Å². The van der Waals surface area contributed by atoms with Crippen LogP contribution in [-0.2, 0) is 19.2 Å². The van der Waals surface area contributed by atoms with Gasteiger partial charge >= 0.3 is 0 Å². The van der Waals surface area contributed by atoms with Crippen molar-refractivity contribution in [3.63, 3.8) is 0 Å². The molecule has 2 amide bonds. The molecule has 7 rings (SSSR count). The smallest absolute Gasteiger partial charge is 0.238 e. The summed E-state index contributed by atoms with van der Waals surface area (Å²) in [6.07, 6.45) is 7.70. The van der Waals surface area contributed by atoms with Crippen LogP contribution in [0.5, 0.6) is 23.0 Å². The Morgan fingerprint density at radius 2 is 1.66 bits per heavy atom. The molecule has 0 radical (unpaired) electrons. The van der Waals surface area contributed by atoms with Crippen molar-refractivity contribution in [2.24, 2.45) is 17.8 Å². The van der Waals surface area contributed by atoms with E-state index in [1.165, 1.54) is 17.0 Å². The maximum atomic E-state index is 14.3. The number of carbonyl (C=O) groups excluding carboxylic acids is 4. The Balaban J connectivity index is 1.21. The third-order valence-corrected chi connectivity index (χ3v) is 10.2. The van der Waals surface area contributed by atoms with Crippen molar-refractivity contribution in [3.8, 4) is 23.0 Å². The normalized spacial score (nSPS) is 23.0. The Bertz CT molecular complexity index is 2070. The molecule has 1 fully saturated rings. The van der Waals surface area contributed by atoms with Crippen molar-refractivity contribution in [1.82, 2.24) is 0 Å². The minimum Gasteiger partial charge on any atom is -0.504 e. The number of phenols is 1. The first kappa shape index (κ1) is 32.8. The van der Waals surface area contributed by atoms with Crippen molar-refractivity contribution in [1.29, 1.82) is 0 Å². The highest BCUT2D eigenvalue weighted by Gasteiger charge is 2.56. The van der Waals surface area contributed by atoms with Crippen LogP contribution in [0.1, 0.15) is 49.3 Å². The van der Waals surface area contributed by atoms with E-state index < -0.39 is 23.7 Å². The number of aromatic hydroxyl groups is 1. The van der Waals surface area contributed by atoms with Crippen molar-refractivity contribution in [2.45, 2.75) is 32.6 Å². The molecule has 0 saturated carbocycles. The van der Waals surface area contributed by atoms with Gasteiger partial charge in [0, 0.05) is 28.2 Å². The molecule has 0 bridgehead atoms. The predicted octanol–water partition coefficient (Wildman–Crippen LogP) is 6.61. The Morgan fingerprint density at radius 3 is 2.38 bits per heavy atom. The average Bonchev–Trinajstić information content (AvgIpc) is 3.39. The van der Waals surface area contributed by atoms with Crippen LogP contribution in [-0.4, -0.2) is 49.3 Å². The number of benzene rings is 3. The van der Waals surface area contributed by atoms with Gasteiger partial charge in [0.05, 0.1) is 38.3 Å². The number of hydrogen-bond acceptors (Lipinski definition) is 8. The number of imide groups is 1. The Morgan fingerprint density at radius 1 is 0.880 bits per heavy atom. The van der Waals surface area contributed by atoms with Gasteiger partial charge in [-0.3, -0.25) is 24.1 Å². The fourth-order valence-corrected chi connectivity index (χ4v) is 7.89. The van der Waals surface area contributed by atoms with Gasteiger partial charge in [0.15, 0.2) is 23.1 Å². The number of methoxy groups -OCH3 is 2. The third-order valence-electron chi connectivity index (χ3n) is 10.2. The first-order chi connectivity index (χ1) is 24.1. The van der Waals surface area contributed by atoms with E-state index in [1.807, 2.05) is 55.5 Å². The van der Waals surface area contributed by atoms with Gasteiger partial charge in [-0.25, -0.2) is 0 Å². The lowest BCUT2D eigenvalue weighted by Gasteiger charge is -2.42. The van der Waals surface area contributed by atoms with E-state index in [-0.39, 0.29) is 41.3 Å². The van der Waals surface area contributed by atoms with Crippen LogP contribution >= 0.6 is 0 Å². The van der Waals surface area contributed by atoms with Gasteiger partial charge in [-0.2, -0.15) is 0 Å². The number of phenolic OH excluding ortho intramolecular Hbond substituents is 1. The molecule has 1 saturated heterocycles. The average molecular weight is 672 g/mol. The molecule has 50 heavy (non-hydrogen) atoms. The molecule has 3 aromatic carbocycles. The highest BCUT2D eigenvalue weighted by atomic mass is 16.5. The van der Waals surface area contributed by atoms with E-state index in [4.69, 9.17) is 14.2 Å². The molecule has 9 nitrogen and oxygen atoms in total. The summed E-state index contributed by atoms with van der Waals surface area (Å²) < 4.78 is 16.5. The van der Waals surface area contributed by atoms with Crippen LogP contribution in [0.15, 0.2) is 95.1 Å². The molecule has 9 heteroatoms. The minimum absolute atomic E-state index is 0.0367. The molecule has 1 heterocycles. The molecule has 0 spiro atoms. The Labute approximate surface area is 290 Å². The van der Waals surface area contributed by atoms with E-state index in [9.17, 15) is 24.3 Å². The van der Waals surface area contributed by atoms with Crippen LogP contribution in [0.2, 0.25) is 0 Å². The van der Waals surface area contributed by atoms with E-state index >= 15 is 0 Å². The lowest BCUT2D eigenvalue weighted by molar-refractivity contribution is -0.123. The molecule has 254 valence electrons. The summed E-state index contributed by atoms with van der Waals surface area (Å²) in [6, 6.07) is 17.7. The van der Waals surface area contributed by atoms with E-state index in [2.05, 4.69) is 0 Å². The molecular formula is C41H37NO8. The molecule has 1 N–H and O–H groups in total. The zero-order chi connectivity index (χ0) is 35.3. The Hall–Kier alpha value is -5.70. The number of anilines is 1. The summed E-state index contributed by atoms with van der Waals surface area (Å²) in [7, 11) is 3.21. The van der Waals surface area contributed by atoms with Crippen LogP contribution in [0.25, 0.3) is 12.2 Å². The summed E-state index contributed by atoms with van der Waals surface area (Å²) in [4.78, 5) is 56.7. The quantitative estimate of drug-likeness (QED) is 0.123. The highest BCUT2D eigenvalue weighted by molar-refractivity contribution is 6.25. The van der Waals surface area contributed by atoms with Gasteiger partial charge in [-0.1, -0.05) is 42.0 Å². The monoisotopic (exact) mass is 671 g/mol. The van der Waals surface area contributed by atoms with Gasteiger partial charge in [0.1, 0.15) is 11.5 Å². The number of hydrogen-bond donors (Lipinski definition) is 1. The molecule has 3 aromatic rings. The summed E-state index contributed by atoms with van der Waals surface area (Å²) in [5, 5.41) is 10.4. The minimum atomic E-state index is -0.697. The van der Waals surface area contributed by atoms with E-state index in [0.29, 0.717) is 52.5 Å². The summed E-state index contributed by atoms with van der Waals surface area (Å²) in [6.45, 7) is 3.76. The molecular weight excluding hydrogens is 634 g/mol. The van der Waals surface area contributed by atoms with Crippen LogP contribution in [0, 0.1) is 17.8 Å². The van der Waals surface area contributed by atoms with Crippen molar-refractivity contribution in [2.75, 3.05) is 25.7 Å². The first-order valence-corrected chi connectivity index (χ1v) is 16.7. The summed E-state index contributed by atoms with van der Waals surface area (Å²) in [5.41, 5.74) is 4.80. The van der Waals surface area contributed by atoms with E-state index in [1.54, 1.807) is 45.4 Å². The first-order valence-electron chi connectivity index (χ1n) is 16.7. The number of allylic oxidation sites excluding steroid dienone is 6. The fraction of sp³-hybridized carbons (Fsp3) is 0.268. The van der Waals surface area contributed by atoms with Gasteiger partial charge in [-0.15, -0.1) is 0 Å². The second kappa shape index (κ2) is 13.0. The molecule has 0 aromatic heterocycles. The number of Topliss-reactive ketones (excluding diaryl/α,β-unsaturated/α-hetero) is 1. The summed E-state index contributed by atoms with van der Waals surface area (Å²) in [5.74, 6) is -1.82. The molecule has 4 atom stereocenters. The molecule has 3 aliphatic carbocycles. The highest BCUT2D eigenvalue weighted by Crippen LogP contribution is 2.56. The van der Waals surface area contributed by atoms with Gasteiger partial charge in [0.25, 0.3) is 0 Å². The number of amides is 2. The molecule has 4 aliphatic rings. The Kier molecular flexibility index (Phi) is 8.51. The number of fused-ring (bicyclic) bond motifs is 3. The number of ketones is 2. The lowest BCUT2D eigenvalue weighted by Crippen LogP contribution is -2.39. The van der Waals surface area contributed by atoms with Crippen LogP contribution in [0.4, 0.5) is 5.69 Å². The number of rotatable bonds is 8. The lowest BCUT2D eigenvalue weighted by atomic mass is 9.59. The van der Waals surface area contributed by atoms with Crippen molar-refractivity contribution >= 4 is 41.2 Å². The van der Waals surface area contributed by atoms with Gasteiger partial charge in [0.2, 0.25) is 11.8 Å². The third kappa shape index (κ3) is 5.43. The van der Waals surface area contributed by atoms with Crippen molar-refractivity contribution < 1.29 is 38.5 Å². The maximum absolute atomic E-state index is 14.3. The number of ether oxygens (including phenoxy) is 3. The SMILES string of the molecule is CCOc1cc(C2C3=CCC4C(=O)N(c5ccc(C=Cc6cc(OC)ccc6OC)cc5)C(=O)C4C3CC3=C2C(=O)C=C(C)C3=O)ccc1O. The summed E-state index contributed by atoms with van der Waals surface area (Å²) >= 11 is 0.